The summed E-state index contributed by atoms with van der Waals surface area (Å²) in [6.07, 6.45) is -3.75. The molecule has 1 heterocycles. The minimum atomic E-state index is -5.34. The van der Waals surface area contributed by atoms with Crippen molar-refractivity contribution in [2.45, 2.75) is 26.4 Å². The Morgan fingerprint density at radius 1 is 1.22 bits per heavy atom. The van der Waals surface area contributed by atoms with Gasteiger partial charge in [0.1, 0.15) is 6.07 Å². The van der Waals surface area contributed by atoms with E-state index in [0.29, 0.717) is 6.42 Å². The number of carbonyl (C=O) groups is 2. The topological polar surface area (TPSA) is 111 Å². The van der Waals surface area contributed by atoms with Crippen LogP contribution in [-0.4, -0.2) is 46.4 Å². The van der Waals surface area contributed by atoms with Crippen LogP contribution in [0.2, 0.25) is 0 Å². The summed E-state index contributed by atoms with van der Waals surface area (Å²) in [4.78, 5) is 36.3. The molecule has 2 rings (SSSR count). The average molecular weight is 450 g/mol. The van der Waals surface area contributed by atoms with E-state index in [2.05, 4.69) is 20.1 Å². The summed E-state index contributed by atoms with van der Waals surface area (Å²) in [6.45, 7) is 3.47. The van der Waals surface area contributed by atoms with Gasteiger partial charge in [-0.25, -0.2) is 19.6 Å². The Labute approximate surface area is 182 Å². The van der Waals surface area contributed by atoms with E-state index >= 15 is 0 Å². The van der Waals surface area contributed by atoms with Crippen molar-refractivity contribution in [3.63, 3.8) is 0 Å². The molecule has 0 fully saturated rings. The van der Waals surface area contributed by atoms with Gasteiger partial charge in [-0.2, -0.15) is 23.4 Å². The summed E-state index contributed by atoms with van der Waals surface area (Å²) >= 11 is 0. The SMILES string of the molecule is CC(C)CN(c1ccnc(C#N)n1)N(OC(=O)C(F)(F)F)C(=O)NCCc1ccccc1. The second-order valence-corrected chi connectivity index (χ2v) is 6.94. The normalized spacial score (nSPS) is 10.9. The van der Waals surface area contributed by atoms with Gasteiger partial charge < -0.3 is 10.2 Å². The number of nitrogens with one attached hydrogen (secondary N) is 1. The van der Waals surface area contributed by atoms with Crippen molar-refractivity contribution in [1.29, 1.82) is 5.26 Å². The lowest BCUT2D eigenvalue weighted by Gasteiger charge is -2.34. The van der Waals surface area contributed by atoms with E-state index < -0.39 is 18.2 Å². The minimum Gasteiger partial charge on any atom is -0.334 e. The predicted octanol–water partition coefficient (Wildman–Crippen LogP) is 3.00. The quantitative estimate of drug-likeness (QED) is 0.646. The van der Waals surface area contributed by atoms with E-state index in [4.69, 9.17) is 5.26 Å². The zero-order valence-corrected chi connectivity index (χ0v) is 17.3. The molecular weight excluding hydrogens is 429 g/mol. The smallest absolute Gasteiger partial charge is 0.334 e. The molecule has 1 aromatic heterocycles. The van der Waals surface area contributed by atoms with Crippen LogP contribution in [0.25, 0.3) is 0 Å². The zero-order chi connectivity index (χ0) is 23.7. The zero-order valence-electron chi connectivity index (χ0n) is 17.3. The van der Waals surface area contributed by atoms with Crippen LogP contribution in [-0.2, 0) is 16.1 Å². The summed E-state index contributed by atoms with van der Waals surface area (Å²) in [6, 6.07) is 10.9. The number of anilines is 1. The third-order valence-corrected chi connectivity index (χ3v) is 3.87. The van der Waals surface area contributed by atoms with Crippen molar-refractivity contribution in [2.75, 3.05) is 18.1 Å². The molecule has 0 saturated carbocycles. The molecule has 1 aromatic carbocycles. The lowest BCUT2D eigenvalue weighted by atomic mass is 10.1. The monoisotopic (exact) mass is 450 g/mol. The Hall–Kier alpha value is -3.88. The summed E-state index contributed by atoms with van der Waals surface area (Å²) in [5.74, 6) is -3.15. The Kier molecular flexibility index (Phi) is 8.34. The number of amides is 2. The van der Waals surface area contributed by atoms with Gasteiger partial charge in [0.25, 0.3) is 0 Å². The molecule has 0 unspecified atom stereocenters. The third-order valence-electron chi connectivity index (χ3n) is 3.87. The summed E-state index contributed by atoms with van der Waals surface area (Å²) in [7, 11) is 0. The Bertz CT molecular complexity index is 963. The second-order valence-electron chi connectivity index (χ2n) is 6.94. The third kappa shape index (κ3) is 7.12. The van der Waals surface area contributed by atoms with Crippen LogP contribution in [0.1, 0.15) is 25.2 Å². The first-order chi connectivity index (χ1) is 15.1. The molecule has 0 aliphatic carbocycles. The maximum absolute atomic E-state index is 12.9. The number of aromatic nitrogens is 2. The van der Waals surface area contributed by atoms with E-state index in [1.807, 2.05) is 18.2 Å². The summed E-state index contributed by atoms with van der Waals surface area (Å²) in [5.41, 5.74) is 0.889. The first-order valence-electron chi connectivity index (χ1n) is 9.53. The second kappa shape index (κ2) is 10.9. The number of nitrogens with zero attached hydrogens (tertiary/aromatic N) is 5. The van der Waals surface area contributed by atoms with Crippen molar-refractivity contribution in [3.05, 3.63) is 54.0 Å². The maximum atomic E-state index is 12.9. The van der Waals surface area contributed by atoms with Crippen LogP contribution in [0.5, 0.6) is 0 Å². The van der Waals surface area contributed by atoms with Gasteiger partial charge in [-0.1, -0.05) is 44.2 Å². The van der Waals surface area contributed by atoms with E-state index in [0.717, 1.165) is 10.6 Å². The van der Waals surface area contributed by atoms with Gasteiger partial charge in [0.15, 0.2) is 5.82 Å². The Morgan fingerprint density at radius 3 is 2.50 bits per heavy atom. The number of hydrogen-bond donors (Lipinski definition) is 1. The largest absolute Gasteiger partial charge is 0.493 e. The summed E-state index contributed by atoms with van der Waals surface area (Å²) < 4.78 is 38.6. The van der Waals surface area contributed by atoms with Gasteiger partial charge in [0, 0.05) is 25.4 Å². The fourth-order valence-corrected chi connectivity index (χ4v) is 2.51. The van der Waals surface area contributed by atoms with Crippen LogP contribution in [0.3, 0.4) is 0 Å². The number of hydroxylamine groups is 1. The molecule has 0 aliphatic rings. The standard InChI is InChI=1S/C20H21F3N6O3/c1-14(2)13-28(17-9-11-25-16(12-24)27-17)29(32-18(30)20(21,22)23)19(31)26-10-8-15-6-4-3-5-7-15/h3-7,9,11,14H,8,10,13H2,1-2H3,(H,26,31). The fraction of sp³-hybridized carbons (Fsp3) is 0.350. The van der Waals surface area contributed by atoms with Gasteiger partial charge in [-0.05, 0) is 23.1 Å². The highest BCUT2D eigenvalue weighted by molar-refractivity contribution is 5.80. The van der Waals surface area contributed by atoms with Crippen molar-refractivity contribution in [3.8, 4) is 6.07 Å². The lowest BCUT2D eigenvalue weighted by molar-refractivity contribution is -0.230. The molecule has 170 valence electrons. The first kappa shape index (κ1) is 24.4. The van der Waals surface area contributed by atoms with Crippen LogP contribution in [0.4, 0.5) is 23.8 Å². The molecule has 0 aliphatic heterocycles. The molecule has 2 aromatic rings. The number of hydrogen-bond acceptors (Lipinski definition) is 7. The number of benzene rings is 1. The molecule has 0 spiro atoms. The molecule has 0 saturated heterocycles. The maximum Gasteiger partial charge on any atom is 0.493 e. The molecule has 0 bridgehead atoms. The van der Waals surface area contributed by atoms with Gasteiger partial charge >= 0.3 is 18.2 Å². The van der Waals surface area contributed by atoms with Gasteiger partial charge in [-0.15, -0.1) is 0 Å². The predicted molar refractivity (Wildman–Crippen MR) is 106 cm³/mol. The lowest BCUT2D eigenvalue weighted by Crippen LogP contribution is -2.55. The van der Waals surface area contributed by atoms with E-state index in [1.165, 1.54) is 12.3 Å². The van der Waals surface area contributed by atoms with Crippen LogP contribution < -0.4 is 10.3 Å². The highest BCUT2D eigenvalue weighted by Gasteiger charge is 2.44. The molecule has 32 heavy (non-hydrogen) atoms. The minimum absolute atomic E-state index is 0.0564. The molecule has 0 radical (unpaired) electrons. The van der Waals surface area contributed by atoms with Crippen LogP contribution >= 0.6 is 0 Å². The number of halogens is 3. The molecule has 12 heteroatoms. The first-order valence-corrected chi connectivity index (χ1v) is 9.53. The number of hydrazine groups is 1. The molecule has 9 nitrogen and oxygen atoms in total. The van der Waals surface area contributed by atoms with Crippen LogP contribution in [0.15, 0.2) is 42.6 Å². The van der Waals surface area contributed by atoms with E-state index in [9.17, 15) is 22.8 Å². The van der Waals surface area contributed by atoms with E-state index in [1.54, 1.807) is 32.0 Å². The Balaban J connectivity index is 2.31. The molecule has 2 amide bonds. The van der Waals surface area contributed by atoms with E-state index in [-0.39, 0.29) is 35.8 Å². The van der Waals surface area contributed by atoms with Gasteiger partial charge in [0.2, 0.25) is 5.82 Å². The van der Waals surface area contributed by atoms with Crippen molar-refractivity contribution in [2.24, 2.45) is 5.92 Å². The van der Waals surface area contributed by atoms with Gasteiger partial charge in [-0.3, -0.25) is 0 Å². The Morgan fingerprint density at radius 2 is 1.91 bits per heavy atom. The number of carbonyl (C=O) groups excluding carboxylic acids is 2. The molecule has 0 atom stereocenters. The number of urea groups is 1. The number of alkyl halides is 3. The van der Waals surface area contributed by atoms with Crippen LogP contribution in [0, 0.1) is 17.2 Å². The fourth-order valence-electron chi connectivity index (χ4n) is 2.51. The van der Waals surface area contributed by atoms with Crippen molar-refractivity contribution < 1.29 is 27.6 Å². The highest BCUT2D eigenvalue weighted by atomic mass is 19.4. The average Bonchev–Trinajstić information content (AvgIpc) is 2.75. The highest BCUT2D eigenvalue weighted by Crippen LogP contribution is 2.21. The van der Waals surface area contributed by atoms with Crippen molar-refractivity contribution >= 4 is 17.8 Å². The summed E-state index contributed by atoms with van der Waals surface area (Å²) in [5, 5.41) is 12.6. The van der Waals surface area contributed by atoms with Gasteiger partial charge in [0.05, 0.1) is 0 Å². The molecular formula is C20H21F3N6O3. The van der Waals surface area contributed by atoms with Crippen molar-refractivity contribution in [1.82, 2.24) is 20.5 Å². The number of rotatable bonds is 7. The molecule has 1 N–H and O–H groups in total. The number of nitriles is 1.